The van der Waals surface area contributed by atoms with E-state index < -0.39 is 0 Å². The summed E-state index contributed by atoms with van der Waals surface area (Å²) >= 11 is 0. The Labute approximate surface area is 102 Å². The highest BCUT2D eigenvalue weighted by molar-refractivity contribution is 5.78. The summed E-state index contributed by atoms with van der Waals surface area (Å²) in [6.07, 6.45) is 0. The average molecular weight is 237 g/mol. The molecule has 0 atom stereocenters. The number of halogens is 1. The molecule has 1 aromatic rings. The van der Waals surface area contributed by atoms with Gasteiger partial charge in [0.2, 0.25) is 5.91 Å². The lowest BCUT2D eigenvalue weighted by atomic mass is 10.1. The third kappa shape index (κ3) is 3.55. The summed E-state index contributed by atoms with van der Waals surface area (Å²) in [4.78, 5) is 13.7. The molecule has 0 saturated carbocycles. The molecule has 0 spiro atoms. The van der Waals surface area contributed by atoms with Gasteiger partial charge in [0.05, 0.1) is 0 Å². The second kappa shape index (κ2) is 5.80. The zero-order valence-electron chi connectivity index (χ0n) is 10.9. The Balaban J connectivity index is 2.88. The van der Waals surface area contributed by atoms with E-state index in [0.717, 1.165) is 0 Å². The van der Waals surface area contributed by atoms with Crippen LogP contribution in [0.15, 0.2) is 24.3 Å². The first-order valence-corrected chi connectivity index (χ1v) is 5.97. The van der Waals surface area contributed by atoms with Crippen molar-refractivity contribution in [3.63, 3.8) is 0 Å². The fraction of sp³-hybridized carbons (Fsp3) is 0.500. The molecule has 0 aliphatic heterocycles. The van der Waals surface area contributed by atoms with E-state index in [1.165, 1.54) is 6.07 Å². The van der Waals surface area contributed by atoms with Gasteiger partial charge in [-0.1, -0.05) is 32.0 Å². The van der Waals surface area contributed by atoms with Crippen molar-refractivity contribution in [2.45, 2.75) is 40.3 Å². The molecule has 0 radical (unpaired) electrons. The second-order valence-corrected chi connectivity index (χ2v) is 4.81. The van der Waals surface area contributed by atoms with E-state index in [2.05, 4.69) is 0 Å². The number of benzene rings is 1. The molecule has 0 saturated heterocycles. The number of carbonyl (C=O) groups excluding carboxylic acids is 1. The predicted octanol–water partition coefficient (Wildman–Crippen LogP) is 3.22. The minimum absolute atomic E-state index is 0.0586. The van der Waals surface area contributed by atoms with Gasteiger partial charge in [-0.25, -0.2) is 4.39 Å². The predicted molar refractivity (Wildman–Crippen MR) is 66.9 cm³/mol. The van der Waals surface area contributed by atoms with E-state index in [1.54, 1.807) is 23.1 Å². The van der Waals surface area contributed by atoms with Crippen molar-refractivity contribution in [3.05, 3.63) is 35.6 Å². The summed E-state index contributed by atoms with van der Waals surface area (Å²) < 4.78 is 13.5. The van der Waals surface area contributed by atoms with Gasteiger partial charge in [0.15, 0.2) is 0 Å². The molecule has 1 aromatic carbocycles. The van der Waals surface area contributed by atoms with Crippen LogP contribution < -0.4 is 0 Å². The maximum absolute atomic E-state index is 13.5. The van der Waals surface area contributed by atoms with Crippen molar-refractivity contribution in [1.82, 2.24) is 4.90 Å². The van der Waals surface area contributed by atoms with Crippen LogP contribution in [0.4, 0.5) is 4.39 Å². The van der Waals surface area contributed by atoms with Gasteiger partial charge < -0.3 is 4.90 Å². The molecule has 94 valence electrons. The Kier molecular flexibility index (Phi) is 4.67. The van der Waals surface area contributed by atoms with E-state index >= 15 is 0 Å². The van der Waals surface area contributed by atoms with Gasteiger partial charge in [-0.15, -0.1) is 0 Å². The second-order valence-electron chi connectivity index (χ2n) is 4.81. The Bertz CT molecular complexity index is 388. The first-order chi connectivity index (χ1) is 7.93. The van der Waals surface area contributed by atoms with Gasteiger partial charge in [-0.05, 0) is 19.9 Å². The van der Waals surface area contributed by atoms with Gasteiger partial charge in [0.1, 0.15) is 5.82 Å². The SMILES string of the molecule is CC(C)C(=O)N(Cc1ccccc1F)C(C)C. The van der Waals surface area contributed by atoms with E-state index in [0.29, 0.717) is 12.1 Å². The lowest BCUT2D eigenvalue weighted by Gasteiger charge is -2.28. The summed E-state index contributed by atoms with van der Waals surface area (Å²) in [6, 6.07) is 6.66. The van der Waals surface area contributed by atoms with Crippen LogP contribution in [0.3, 0.4) is 0 Å². The van der Waals surface area contributed by atoms with Crippen molar-refractivity contribution in [2.75, 3.05) is 0 Å². The summed E-state index contributed by atoms with van der Waals surface area (Å²) in [6.45, 7) is 7.95. The number of carbonyl (C=O) groups is 1. The molecule has 1 rings (SSSR count). The molecule has 0 fully saturated rings. The third-order valence-corrected chi connectivity index (χ3v) is 2.70. The van der Waals surface area contributed by atoms with E-state index in [-0.39, 0.29) is 23.7 Å². The maximum Gasteiger partial charge on any atom is 0.225 e. The summed E-state index contributed by atoms with van der Waals surface area (Å²) in [5, 5.41) is 0. The van der Waals surface area contributed by atoms with Crippen LogP contribution in [-0.4, -0.2) is 16.8 Å². The highest BCUT2D eigenvalue weighted by Crippen LogP contribution is 2.14. The normalized spacial score (nSPS) is 11.0. The molecule has 0 bridgehead atoms. The monoisotopic (exact) mass is 237 g/mol. The number of nitrogens with zero attached hydrogens (tertiary/aromatic N) is 1. The topological polar surface area (TPSA) is 20.3 Å². The molecule has 1 amide bonds. The number of rotatable bonds is 4. The smallest absolute Gasteiger partial charge is 0.225 e. The van der Waals surface area contributed by atoms with Crippen LogP contribution in [0, 0.1) is 11.7 Å². The first kappa shape index (κ1) is 13.7. The van der Waals surface area contributed by atoms with Crippen LogP contribution in [0.1, 0.15) is 33.3 Å². The third-order valence-electron chi connectivity index (χ3n) is 2.70. The summed E-state index contributed by atoms with van der Waals surface area (Å²) in [5.41, 5.74) is 0.565. The minimum atomic E-state index is -0.255. The minimum Gasteiger partial charge on any atom is -0.336 e. The van der Waals surface area contributed by atoms with Crippen LogP contribution >= 0.6 is 0 Å². The molecule has 0 N–H and O–H groups in total. The maximum atomic E-state index is 13.5. The lowest BCUT2D eigenvalue weighted by Crippen LogP contribution is -2.39. The van der Waals surface area contributed by atoms with Crippen LogP contribution in [-0.2, 0) is 11.3 Å². The zero-order chi connectivity index (χ0) is 13.0. The van der Waals surface area contributed by atoms with Crippen molar-refractivity contribution in [3.8, 4) is 0 Å². The molecule has 0 heterocycles. The molecule has 0 aromatic heterocycles. The molecule has 17 heavy (non-hydrogen) atoms. The highest BCUT2D eigenvalue weighted by Gasteiger charge is 2.20. The Morgan fingerprint density at radius 2 is 1.82 bits per heavy atom. The molecule has 0 unspecified atom stereocenters. The summed E-state index contributed by atoms with van der Waals surface area (Å²) in [5.74, 6) is -0.262. The molecular weight excluding hydrogens is 217 g/mol. The van der Waals surface area contributed by atoms with Crippen LogP contribution in [0.5, 0.6) is 0 Å². The molecule has 0 aliphatic carbocycles. The van der Waals surface area contributed by atoms with Crippen LogP contribution in [0.2, 0.25) is 0 Å². The average Bonchev–Trinajstić information content (AvgIpc) is 2.26. The lowest BCUT2D eigenvalue weighted by molar-refractivity contribution is -0.136. The fourth-order valence-corrected chi connectivity index (χ4v) is 1.66. The molecular formula is C14H20FNO. The van der Waals surface area contributed by atoms with Gasteiger partial charge >= 0.3 is 0 Å². The standard InChI is InChI=1S/C14H20FNO/c1-10(2)14(17)16(11(3)4)9-12-7-5-6-8-13(12)15/h5-8,10-11H,9H2,1-4H3. The zero-order valence-corrected chi connectivity index (χ0v) is 10.9. The van der Waals surface area contributed by atoms with Crippen molar-refractivity contribution < 1.29 is 9.18 Å². The van der Waals surface area contributed by atoms with E-state index in [4.69, 9.17) is 0 Å². The Hall–Kier alpha value is -1.38. The largest absolute Gasteiger partial charge is 0.336 e. The Morgan fingerprint density at radius 1 is 1.24 bits per heavy atom. The summed E-state index contributed by atoms with van der Waals surface area (Å²) in [7, 11) is 0. The Morgan fingerprint density at radius 3 is 2.29 bits per heavy atom. The van der Waals surface area contributed by atoms with Crippen molar-refractivity contribution in [1.29, 1.82) is 0 Å². The van der Waals surface area contributed by atoms with Gasteiger partial charge in [-0.3, -0.25) is 4.79 Å². The van der Waals surface area contributed by atoms with Crippen molar-refractivity contribution in [2.24, 2.45) is 5.92 Å². The first-order valence-electron chi connectivity index (χ1n) is 5.97. The molecule has 3 heteroatoms. The van der Waals surface area contributed by atoms with Crippen LogP contribution in [0.25, 0.3) is 0 Å². The van der Waals surface area contributed by atoms with Crippen molar-refractivity contribution >= 4 is 5.91 Å². The number of hydrogen-bond donors (Lipinski definition) is 0. The van der Waals surface area contributed by atoms with Gasteiger partial charge in [-0.2, -0.15) is 0 Å². The molecule has 0 aliphatic rings. The fourth-order valence-electron chi connectivity index (χ4n) is 1.66. The van der Waals surface area contributed by atoms with E-state index in [1.807, 2.05) is 27.7 Å². The van der Waals surface area contributed by atoms with Gasteiger partial charge in [0.25, 0.3) is 0 Å². The number of hydrogen-bond acceptors (Lipinski definition) is 1. The molecule has 2 nitrogen and oxygen atoms in total. The highest BCUT2D eigenvalue weighted by atomic mass is 19.1. The quantitative estimate of drug-likeness (QED) is 0.787. The van der Waals surface area contributed by atoms with Gasteiger partial charge in [0, 0.05) is 24.1 Å². The number of amides is 1. The van der Waals surface area contributed by atoms with E-state index in [9.17, 15) is 9.18 Å².